The van der Waals surface area contributed by atoms with Crippen LogP contribution >= 0.6 is 11.3 Å². The number of likely N-dealkylation sites (tertiary alicyclic amines) is 1. The van der Waals surface area contributed by atoms with Gasteiger partial charge in [0.2, 0.25) is 0 Å². The van der Waals surface area contributed by atoms with Crippen LogP contribution in [0.5, 0.6) is 0 Å². The molecule has 1 aliphatic heterocycles. The lowest BCUT2D eigenvalue weighted by molar-refractivity contribution is -0.138. The Labute approximate surface area is 152 Å². The standard InChI is InChI=1S/C19H24N2O3S/c1-13-11-17(14(2)21(13)12-16-7-6-10-25-16)19(23)24-15(3)18(22)20-8-4-5-9-20/h6-7,10-11,15H,4-5,8-9,12H2,1-3H3. The lowest BCUT2D eigenvalue weighted by atomic mass is 10.2. The Kier molecular flexibility index (Phi) is 5.27. The van der Waals surface area contributed by atoms with Gasteiger partial charge in [-0.25, -0.2) is 4.79 Å². The lowest BCUT2D eigenvalue weighted by Crippen LogP contribution is -2.38. The minimum atomic E-state index is -0.744. The summed E-state index contributed by atoms with van der Waals surface area (Å²) in [6.45, 7) is 7.82. The third-order valence-corrected chi connectivity index (χ3v) is 5.60. The molecule has 134 valence electrons. The minimum absolute atomic E-state index is 0.0988. The van der Waals surface area contributed by atoms with Crippen molar-refractivity contribution in [3.63, 3.8) is 0 Å². The Bertz CT molecular complexity index is 758. The second-order valence-electron chi connectivity index (χ2n) is 6.53. The molecule has 5 nitrogen and oxygen atoms in total. The van der Waals surface area contributed by atoms with E-state index in [1.165, 1.54) is 4.88 Å². The van der Waals surface area contributed by atoms with Gasteiger partial charge in [-0.15, -0.1) is 11.3 Å². The zero-order chi connectivity index (χ0) is 18.0. The molecule has 25 heavy (non-hydrogen) atoms. The number of carbonyl (C=O) groups excluding carboxylic acids is 2. The van der Waals surface area contributed by atoms with Crippen molar-refractivity contribution in [2.24, 2.45) is 0 Å². The van der Waals surface area contributed by atoms with Crippen LogP contribution in [0.4, 0.5) is 0 Å². The van der Waals surface area contributed by atoms with E-state index in [2.05, 4.69) is 10.6 Å². The molecule has 1 aliphatic rings. The Balaban J connectivity index is 1.70. The van der Waals surface area contributed by atoms with Gasteiger partial charge >= 0.3 is 5.97 Å². The van der Waals surface area contributed by atoms with Crippen molar-refractivity contribution in [3.05, 3.63) is 45.4 Å². The van der Waals surface area contributed by atoms with Gasteiger partial charge in [-0.1, -0.05) is 6.07 Å². The van der Waals surface area contributed by atoms with Crippen LogP contribution in [0.1, 0.15) is 46.4 Å². The van der Waals surface area contributed by atoms with Gasteiger partial charge in [0.1, 0.15) is 0 Å². The molecule has 1 fully saturated rings. The molecule has 0 N–H and O–H groups in total. The molecule has 1 atom stereocenters. The van der Waals surface area contributed by atoms with Crippen LogP contribution in [0.25, 0.3) is 0 Å². The third-order valence-electron chi connectivity index (χ3n) is 4.74. The molecule has 3 heterocycles. The molecule has 6 heteroatoms. The van der Waals surface area contributed by atoms with E-state index in [0.29, 0.717) is 5.56 Å². The minimum Gasteiger partial charge on any atom is -0.449 e. The van der Waals surface area contributed by atoms with E-state index in [9.17, 15) is 9.59 Å². The average Bonchev–Trinajstić information content (AvgIpc) is 3.32. The van der Waals surface area contributed by atoms with Gasteiger partial charge in [0.25, 0.3) is 5.91 Å². The first-order chi connectivity index (χ1) is 12.0. The smallest absolute Gasteiger partial charge is 0.340 e. The summed E-state index contributed by atoms with van der Waals surface area (Å²) < 4.78 is 7.56. The van der Waals surface area contributed by atoms with Crippen LogP contribution in [0.3, 0.4) is 0 Å². The van der Waals surface area contributed by atoms with Gasteiger partial charge < -0.3 is 14.2 Å². The Morgan fingerprint density at radius 3 is 2.64 bits per heavy atom. The number of aryl methyl sites for hydroxylation is 1. The van der Waals surface area contributed by atoms with E-state index < -0.39 is 12.1 Å². The van der Waals surface area contributed by atoms with E-state index in [4.69, 9.17) is 4.74 Å². The van der Waals surface area contributed by atoms with Crippen LogP contribution in [-0.4, -0.2) is 40.5 Å². The van der Waals surface area contributed by atoms with Crippen molar-refractivity contribution in [1.29, 1.82) is 0 Å². The predicted octanol–water partition coefficient (Wildman–Crippen LogP) is 3.38. The topological polar surface area (TPSA) is 51.5 Å². The average molecular weight is 360 g/mol. The molecular formula is C19H24N2O3S. The highest BCUT2D eigenvalue weighted by atomic mass is 32.1. The molecule has 0 aromatic carbocycles. The first-order valence-electron chi connectivity index (χ1n) is 8.66. The molecule has 3 rings (SSSR count). The van der Waals surface area contributed by atoms with Crippen LogP contribution < -0.4 is 0 Å². The van der Waals surface area contributed by atoms with Gasteiger partial charge in [-0.2, -0.15) is 0 Å². The fourth-order valence-electron chi connectivity index (χ4n) is 3.28. The zero-order valence-corrected chi connectivity index (χ0v) is 15.8. The molecule has 0 radical (unpaired) electrons. The van der Waals surface area contributed by atoms with Gasteiger partial charge in [-0.3, -0.25) is 4.79 Å². The number of hydrogen-bond donors (Lipinski definition) is 0. The number of aromatic nitrogens is 1. The highest BCUT2D eigenvalue weighted by Gasteiger charge is 2.27. The van der Waals surface area contributed by atoms with Gasteiger partial charge in [0.05, 0.1) is 12.1 Å². The lowest BCUT2D eigenvalue weighted by Gasteiger charge is -2.20. The summed E-state index contributed by atoms with van der Waals surface area (Å²) in [5.41, 5.74) is 2.42. The van der Waals surface area contributed by atoms with E-state index in [1.54, 1.807) is 23.2 Å². The Morgan fingerprint density at radius 1 is 1.28 bits per heavy atom. The molecule has 1 saturated heterocycles. The monoisotopic (exact) mass is 360 g/mol. The second-order valence-corrected chi connectivity index (χ2v) is 7.56. The number of hydrogen-bond acceptors (Lipinski definition) is 4. The van der Waals surface area contributed by atoms with E-state index in [0.717, 1.165) is 43.9 Å². The first kappa shape index (κ1) is 17.7. The second kappa shape index (κ2) is 7.44. The molecule has 2 aromatic heterocycles. The SMILES string of the molecule is Cc1cc(C(=O)OC(C)C(=O)N2CCCC2)c(C)n1Cc1cccs1. The highest BCUT2D eigenvalue weighted by molar-refractivity contribution is 7.09. The fourth-order valence-corrected chi connectivity index (χ4v) is 3.97. The largest absolute Gasteiger partial charge is 0.449 e. The predicted molar refractivity (Wildman–Crippen MR) is 98.0 cm³/mol. The Morgan fingerprint density at radius 2 is 2.00 bits per heavy atom. The first-order valence-corrected chi connectivity index (χ1v) is 9.54. The van der Waals surface area contributed by atoms with Gasteiger partial charge in [0, 0.05) is 29.4 Å². The summed E-state index contributed by atoms with van der Waals surface area (Å²) in [5.74, 6) is -0.524. The number of esters is 1. The molecule has 2 aromatic rings. The fraction of sp³-hybridized carbons (Fsp3) is 0.474. The maximum atomic E-state index is 12.6. The van der Waals surface area contributed by atoms with Crippen LogP contribution in [0, 0.1) is 13.8 Å². The van der Waals surface area contributed by atoms with Crippen LogP contribution in [0.2, 0.25) is 0 Å². The summed E-state index contributed by atoms with van der Waals surface area (Å²) in [6.07, 6.45) is 1.30. The maximum absolute atomic E-state index is 12.6. The summed E-state index contributed by atoms with van der Waals surface area (Å²) in [7, 11) is 0. The highest BCUT2D eigenvalue weighted by Crippen LogP contribution is 2.21. The number of carbonyl (C=O) groups is 2. The zero-order valence-electron chi connectivity index (χ0n) is 14.9. The van der Waals surface area contributed by atoms with Crippen molar-refractivity contribution in [3.8, 4) is 0 Å². The van der Waals surface area contributed by atoms with E-state index in [-0.39, 0.29) is 5.91 Å². The van der Waals surface area contributed by atoms with Crippen molar-refractivity contribution >= 4 is 23.2 Å². The summed E-state index contributed by atoms with van der Waals surface area (Å²) in [4.78, 5) is 27.9. The van der Waals surface area contributed by atoms with Crippen molar-refractivity contribution in [2.75, 3.05) is 13.1 Å². The van der Waals surface area contributed by atoms with Crippen LogP contribution in [0.15, 0.2) is 23.6 Å². The number of amides is 1. The molecular weight excluding hydrogens is 336 g/mol. The Hall–Kier alpha value is -2.08. The number of thiophene rings is 1. The van der Waals surface area contributed by atoms with Gasteiger partial charge in [-0.05, 0) is 51.1 Å². The number of nitrogens with zero attached hydrogens (tertiary/aromatic N) is 2. The molecule has 0 bridgehead atoms. The van der Waals surface area contributed by atoms with Crippen molar-refractivity contribution in [1.82, 2.24) is 9.47 Å². The summed E-state index contributed by atoms with van der Waals surface area (Å²) in [6, 6.07) is 5.95. The summed E-state index contributed by atoms with van der Waals surface area (Å²) in [5, 5.41) is 2.05. The molecule has 0 spiro atoms. The quantitative estimate of drug-likeness (QED) is 0.768. The number of rotatable bonds is 5. The molecule has 0 aliphatic carbocycles. The van der Waals surface area contributed by atoms with E-state index in [1.807, 2.05) is 31.4 Å². The molecule has 1 amide bonds. The van der Waals surface area contributed by atoms with Crippen molar-refractivity contribution in [2.45, 2.75) is 46.3 Å². The third kappa shape index (κ3) is 3.79. The number of ether oxygens (including phenoxy) is 1. The van der Waals surface area contributed by atoms with Gasteiger partial charge in [0.15, 0.2) is 6.10 Å². The maximum Gasteiger partial charge on any atom is 0.340 e. The molecule has 1 unspecified atom stereocenters. The summed E-state index contributed by atoms with van der Waals surface area (Å²) >= 11 is 1.69. The normalized spacial score (nSPS) is 15.4. The molecule has 0 saturated carbocycles. The van der Waals surface area contributed by atoms with Crippen molar-refractivity contribution < 1.29 is 14.3 Å². The van der Waals surface area contributed by atoms with Crippen LogP contribution in [-0.2, 0) is 16.1 Å². The van der Waals surface area contributed by atoms with E-state index >= 15 is 0 Å².